The topological polar surface area (TPSA) is 91.3 Å². The van der Waals surface area contributed by atoms with Gasteiger partial charge in [-0.25, -0.2) is 8.42 Å². The van der Waals surface area contributed by atoms with Crippen LogP contribution >= 0.6 is 23.6 Å². The summed E-state index contributed by atoms with van der Waals surface area (Å²) < 4.78 is 25.7. The quantitative estimate of drug-likeness (QED) is 0.724. The molecule has 28 heavy (non-hydrogen) atoms. The molecule has 1 N–H and O–H groups in total. The molecule has 0 spiro atoms. The van der Waals surface area contributed by atoms with E-state index in [1.54, 1.807) is 15.9 Å². The van der Waals surface area contributed by atoms with Crippen LogP contribution < -0.4 is 0 Å². The number of nitrogens with one attached hydrogen (secondary N) is 1. The van der Waals surface area contributed by atoms with Crippen molar-refractivity contribution in [2.24, 2.45) is 0 Å². The highest BCUT2D eigenvalue weighted by Crippen LogP contribution is 2.27. The van der Waals surface area contributed by atoms with Crippen LogP contribution in [0.4, 0.5) is 0 Å². The van der Waals surface area contributed by atoms with Crippen LogP contribution in [-0.4, -0.2) is 82.6 Å². The highest BCUT2D eigenvalue weighted by atomic mass is 32.2. The van der Waals surface area contributed by atoms with E-state index in [0.717, 1.165) is 4.88 Å². The van der Waals surface area contributed by atoms with Crippen molar-refractivity contribution in [1.29, 1.82) is 0 Å². The van der Waals surface area contributed by atoms with Gasteiger partial charge in [0.2, 0.25) is 5.91 Å². The van der Waals surface area contributed by atoms with E-state index in [9.17, 15) is 13.2 Å². The highest BCUT2D eigenvalue weighted by Gasteiger charge is 2.35. The van der Waals surface area contributed by atoms with Crippen molar-refractivity contribution < 1.29 is 13.2 Å². The van der Waals surface area contributed by atoms with Gasteiger partial charge in [0, 0.05) is 32.2 Å². The minimum absolute atomic E-state index is 0.00833. The molecule has 2 aromatic heterocycles. The minimum atomic E-state index is -2.90. The standard InChI is InChI=1S/C17H23N5O3S3/c1-12(22-15(18-19-17(22)26)14-3-2-9-27-14)16(23)21-7-5-20(6-8-21)13-4-10-28(24,25)11-13/h2-3,9,12-13H,4-8,10-11H2,1H3,(H,19,26). The van der Waals surface area contributed by atoms with Crippen LogP contribution in [0.25, 0.3) is 10.7 Å². The average molecular weight is 442 g/mol. The molecule has 0 aromatic carbocycles. The van der Waals surface area contributed by atoms with E-state index >= 15 is 0 Å². The lowest BCUT2D eigenvalue weighted by molar-refractivity contribution is -0.136. The number of amides is 1. The molecular weight excluding hydrogens is 418 g/mol. The van der Waals surface area contributed by atoms with Gasteiger partial charge in [-0.05, 0) is 37.0 Å². The largest absolute Gasteiger partial charge is 0.338 e. The number of carbonyl (C=O) groups is 1. The van der Waals surface area contributed by atoms with E-state index in [1.807, 2.05) is 29.3 Å². The second-order valence-corrected chi connectivity index (χ2v) is 10.9. The predicted octanol–water partition coefficient (Wildman–Crippen LogP) is 1.56. The molecule has 0 radical (unpaired) electrons. The Morgan fingerprint density at radius 1 is 1.36 bits per heavy atom. The molecule has 2 fully saturated rings. The Labute approximate surface area is 173 Å². The fourth-order valence-corrected chi connectivity index (χ4v) is 6.75. The first-order valence-corrected chi connectivity index (χ1v) is 12.4. The highest BCUT2D eigenvalue weighted by molar-refractivity contribution is 7.91. The van der Waals surface area contributed by atoms with Crippen LogP contribution in [-0.2, 0) is 14.6 Å². The smallest absolute Gasteiger partial charge is 0.245 e. The fraction of sp³-hybridized carbons (Fsp3) is 0.588. The van der Waals surface area contributed by atoms with Crippen molar-refractivity contribution in [1.82, 2.24) is 24.6 Å². The second-order valence-electron chi connectivity index (χ2n) is 7.29. The summed E-state index contributed by atoms with van der Waals surface area (Å²) in [4.78, 5) is 18.1. The first kappa shape index (κ1) is 19.7. The average Bonchev–Trinajstić information content (AvgIpc) is 3.40. The molecule has 0 saturated carbocycles. The van der Waals surface area contributed by atoms with Crippen molar-refractivity contribution in [2.75, 3.05) is 37.7 Å². The molecule has 152 valence electrons. The number of aromatic amines is 1. The maximum atomic E-state index is 13.1. The lowest BCUT2D eigenvalue weighted by Gasteiger charge is -2.38. The molecule has 11 heteroatoms. The number of carbonyl (C=O) groups excluding carboxylic acids is 1. The van der Waals surface area contributed by atoms with Crippen LogP contribution in [0.2, 0.25) is 0 Å². The van der Waals surface area contributed by atoms with Gasteiger partial charge >= 0.3 is 0 Å². The van der Waals surface area contributed by atoms with Crippen molar-refractivity contribution in [3.63, 3.8) is 0 Å². The molecular formula is C17H23N5O3S3. The van der Waals surface area contributed by atoms with Gasteiger partial charge in [0.05, 0.1) is 16.4 Å². The van der Waals surface area contributed by atoms with E-state index in [2.05, 4.69) is 15.1 Å². The molecule has 2 aliphatic rings. The van der Waals surface area contributed by atoms with Crippen molar-refractivity contribution in [2.45, 2.75) is 25.4 Å². The molecule has 1 amide bonds. The number of hydrogen-bond acceptors (Lipinski definition) is 7. The summed E-state index contributed by atoms with van der Waals surface area (Å²) in [6.45, 7) is 4.44. The molecule has 2 saturated heterocycles. The van der Waals surface area contributed by atoms with E-state index in [1.165, 1.54) is 0 Å². The molecule has 2 aliphatic heterocycles. The van der Waals surface area contributed by atoms with E-state index in [4.69, 9.17) is 12.2 Å². The third-order valence-corrected chi connectivity index (χ3v) is 8.45. The van der Waals surface area contributed by atoms with E-state index in [0.29, 0.717) is 43.2 Å². The molecule has 4 rings (SSSR count). The molecule has 4 heterocycles. The number of thiophene rings is 1. The second kappa shape index (κ2) is 7.69. The van der Waals surface area contributed by atoms with E-state index < -0.39 is 15.9 Å². The van der Waals surface area contributed by atoms with Crippen LogP contribution in [0, 0.1) is 4.77 Å². The maximum Gasteiger partial charge on any atom is 0.245 e. The van der Waals surface area contributed by atoms with Crippen LogP contribution in [0.3, 0.4) is 0 Å². The molecule has 2 unspecified atom stereocenters. The number of aromatic nitrogens is 3. The van der Waals surface area contributed by atoms with Crippen molar-refractivity contribution >= 4 is 39.3 Å². The van der Waals surface area contributed by atoms with Crippen LogP contribution in [0.5, 0.6) is 0 Å². The summed E-state index contributed by atoms with van der Waals surface area (Å²) in [7, 11) is -2.90. The van der Waals surface area contributed by atoms with Crippen molar-refractivity contribution in [3.05, 3.63) is 22.3 Å². The molecule has 0 aliphatic carbocycles. The minimum Gasteiger partial charge on any atom is -0.338 e. The van der Waals surface area contributed by atoms with E-state index in [-0.39, 0.29) is 23.5 Å². The lowest BCUT2D eigenvalue weighted by atomic mass is 10.1. The summed E-state index contributed by atoms with van der Waals surface area (Å²) in [6, 6.07) is 3.53. The summed E-state index contributed by atoms with van der Waals surface area (Å²) >= 11 is 6.92. The number of hydrogen-bond donors (Lipinski definition) is 1. The Bertz CT molecular complexity index is 1000. The zero-order chi connectivity index (χ0) is 19.9. The maximum absolute atomic E-state index is 13.1. The van der Waals surface area contributed by atoms with Gasteiger partial charge in [0.25, 0.3) is 0 Å². The normalized spacial score (nSPS) is 23.8. The Morgan fingerprint density at radius 2 is 2.11 bits per heavy atom. The van der Waals surface area contributed by atoms with Gasteiger partial charge < -0.3 is 4.90 Å². The van der Waals surface area contributed by atoms with Crippen LogP contribution in [0.1, 0.15) is 19.4 Å². The van der Waals surface area contributed by atoms with Gasteiger partial charge in [-0.2, -0.15) is 5.10 Å². The summed E-state index contributed by atoms with van der Waals surface area (Å²) in [5, 5.41) is 9.07. The Hall–Kier alpha value is -1.56. The molecule has 0 bridgehead atoms. The zero-order valence-electron chi connectivity index (χ0n) is 15.6. The Balaban J connectivity index is 1.44. The third kappa shape index (κ3) is 3.80. The number of H-pyrrole nitrogens is 1. The van der Waals surface area contributed by atoms with Gasteiger partial charge in [-0.1, -0.05) is 6.07 Å². The lowest BCUT2D eigenvalue weighted by Crippen LogP contribution is -2.53. The third-order valence-electron chi connectivity index (χ3n) is 5.54. The molecule has 2 aromatic rings. The van der Waals surface area contributed by atoms with Gasteiger partial charge in [-0.3, -0.25) is 19.4 Å². The van der Waals surface area contributed by atoms with Crippen LogP contribution in [0.15, 0.2) is 17.5 Å². The number of rotatable bonds is 4. The van der Waals surface area contributed by atoms with Gasteiger partial charge in [-0.15, -0.1) is 11.3 Å². The number of piperazine rings is 1. The number of sulfone groups is 1. The predicted molar refractivity (Wildman–Crippen MR) is 111 cm³/mol. The Morgan fingerprint density at radius 3 is 2.71 bits per heavy atom. The SMILES string of the molecule is CC(C(=O)N1CCN(C2CCS(=O)(=O)C2)CC1)n1c(-c2cccs2)n[nH]c1=S. The monoisotopic (exact) mass is 441 g/mol. The summed E-state index contributed by atoms with van der Waals surface area (Å²) in [5.74, 6) is 1.20. The zero-order valence-corrected chi connectivity index (χ0v) is 18.0. The first-order chi connectivity index (χ1) is 13.4. The first-order valence-electron chi connectivity index (χ1n) is 9.30. The Kier molecular flexibility index (Phi) is 5.43. The summed E-state index contributed by atoms with van der Waals surface area (Å²) in [6.07, 6.45) is 0.695. The molecule has 2 atom stereocenters. The van der Waals surface area contributed by atoms with Gasteiger partial charge in [0.1, 0.15) is 6.04 Å². The fourth-order valence-electron chi connectivity index (χ4n) is 3.99. The van der Waals surface area contributed by atoms with Crippen molar-refractivity contribution in [3.8, 4) is 10.7 Å². The number of nitrogens with zero attached hydrogens (tertiary/aromatic N) is 4. The summed E-state index contributed by atoms with van der Waals surface area (Å²) in [5.41, 5.74) is 0. The van der Waals surface area contributed by atoms with Gasteiger partial charge in [0.15, 0.2) is 20.4 Å². The molecule has 8 nitrogen and oxygen atoms in total.